The molecule has 94 valence electrons. The third-order valence-electron chi connectivity index (χ3n) is 3.31. The first-order valence-corrected chi connectivity index (χ1v) is 5.91. The fraction of sp³-hybridized carbons (Fsp3) is 0.267. The van der Waals surface area contributed by atoms with E-state index < -0.39 is 0 Å². The highest BCUT2D eigenvalue weighted by atomic mass is 16.5. The Morgan fingerprint density at radius 1 is 1.11 bits per heavy atom. The lowest BCUT2D eigenvalue weighted by Gasteiger charge is -2.14. The Hall–Kier alpha value is -2.03. The van der Waals surface area contributed by atoms with E-state index in [9.17, 15) is 0 Å². The van der Waals surface area contributed by atoms with Crippen LogP contribution in [-0.4, -0.2) is 12.1 Å². The van der Waals surface area contributed by atoms with E-state index in [0.717, 1.165) is 28.0 Å². The van der Waals surface area contributed by atoms with Crippen LogP contribution in [0.3, 0.4) is 0 Å². The van der Waals surface area contributed by atoms with Gasteiger partial charge in [-0.3, -0.25) is 0 Å². The summed E-state index contributed by atoms with van der Waals surface area (Å²) in [5.74, 6) is 1.47. The summed E-state index contributed by atoms with van der Waals surface area (Å²) in [4.78, 5) is 4.20. The molecule has 0 spiro atoms. The van der Waals surface area contributed by atoms with Crippen molar-refractivity contribution >= 4 is 5.82 Å². The second-order valence-electron chi connectivity index (χ2n) is 4.51. The summed E-state index contributed by atoms with van der Waals surface area (Å²) in [7, 11) is 1.70. The van der Waals surface area contributed by atoms with Crippen molar-refractivity contribution in [3.8, 4) is 16.9 Å². The number of rotatable bonds is 2. The molecule has 1 aromatic carbocycles. The van der Waals surface area contributed by atoms with Crippen LogP contribution in [0.4, 0.5) is 5.82 Å². The van der Waals surface area contributed by atoms with E-state index in [1.807, 2.05) is 13.0 Å². The number of anilines is 1. The normalized spacial score (nSPS) is 10.4. The van der Waals surface area contributed by atoms with Crippen molar-refractivity contribution in [3.05, 3.63) is 41.1 Å². The molecule has 1 aromatic heterocycles. The molecule has 0 amide bonds. The maximum Gasteiger partial charge on any atom is 0.129 e. The van der Waals surface area contributed by atoms with E-state index in [0.29, 0.717) is 5.82 Å². The van der Waals surface area contributed by atoms with Crippen LogP contribution in [0.15, 0.2) is 24.4 Å². The van der Waals surface area contributed by atoms with Gasteiger partial charge in [-0.2, -0.15) is 0 Å². The highest BCUT2D eigenvalue weighted by molar-refractivity contribution is 5.73. The quantitative estimate of drug-likeness (QED) is 0.879. The Kier molecular flexibility index (Phi) is 3.24. The molecule has 0 aliphatic carbocycles. The lowest BCUT2D eigenvalue weighted by molar-refractivity contribution is 0.413. The predicted molar refractivity (Wildman–Crippen MR) is 74.8 cm³/mol. The van der Waals surface area contributed by atoms with E-state index in [2.05, 4.69) is 31.0 Å². The van der Waals surface area contributed by atoms with Crippen molar-refractivity contribution in [2.75, 3.05) is 12.8 Å². The molecule has 3 heteroatoms. The first kappa shape index (κ1) is 12.4. The summed E-state index contributed by atoms with van der Waals surface area (Å²) in [6, 6.07) is 6.20. The fourth-order valence-electron chi connectivity index (χ4n) is 2.01. The number of nitrogens with two attached hydrogens (primary N) is 1. The zero-order chi connectivity index (χ0) is 13.3. The molecular formula is C15H18N2O. The van der Waals surface area contributed by atoms with Gasteiger partial charge < -0.3 is 10.5 Å². The van der Waals surface area contributed by atoms with Crippen LogP contribution < -0.4 is 10.5 Å². The van der Waals surface area contributed by atoms with Gasteiger partial charge in [-0.05, 0) is 43.5 Å². The lowest BCUT2D eigenvalue weighted by atomic mass is 9.99. The average Bonchev–Trinajstić information content (AvgIpc) is 2.36. The van der Waals surface area contributed by atoms with Crippen LogP contribution in [0, 0.1) is 20.8 Å². The standard InChI is InChI=1S/C15H18N2O/c1-9-5-6-13(14(18-4)11(9)3)12-7-10(2)15(16)17-8-12/h5-8H,1-4H3,(H2,16,17). The molecule has 0 fully saturated rings. The first-order valence-electron chi connectivity index (χ1n) is 5.91. The Bertz CT molecular complexity index is 591. The van der Waals surface area contributed by atoms with Gasteiger partial charge in [-0.1, -0.05) is 12.1 Å². The fourth-order valence-corrected chi connectivity index (χ4v) is 2.01. The van der Waals surface area contributed by atoms with Crippen LogP contribution in [0.25, 0.3) is 11.1 Å². The molecule has 0 radical (unpaired) electrons. The molecule has 2 N–H and O–H groups in total. The second kappa shape index (κ2) is 4.69. The summed E-state index contributed by atoms with van der Waals surface area (Å²) in [5, 5.41) is 0. The Morgan fingerprint density at radius 3 is 2.44 bits per heavy atom. The SMILES string of the molecule is COc1c(-c2cnc(N)c(C)c2)ccc(C)c1C. The van der Waals surface area contributed by atoms with Crippen molar-refractivity contribution in [2.45, 2.75) is 20.8 Å². The van der Waals surface area contributed by atoms with Gasteiger partial charge >= 0.3 is 0 Å². The number of aromatic nitrogens is 1. The average molecular weight is 242 g/mol. The number of hydrogen-bond donors (Lipinski definition) is 1. The summed E-state index contributed by atoms with van der Waals surface area (Å²) in [6.45, 7) is 6.10. The molecular weight excluding hydrogens is 224 g/mol. The van der Waals surface area contributed by atoms with Crippen molar-refractivity contribution in [1.29, 1.82) is 0 Å². The van der Waals surface area contributed by atoms with E-state index in [4.69, 9.17) is 10.5 Å². The maximum absolute atomic E-state index is 5.75. The number of pyridine rings is 1. The molecule has 1 heterocycles. The smallest absolute Gasteiger partial charge is 0.129 e. The summed E-state index contributed by atoms with van der Waals surface area (Å²) in [5.41, 5.74) is 11.2. The number of nitrogens with zero attached hydrogens (tertiary/aromatic N) is 1. The zero-order valence-electron chi connectivity index (χ0n) is 11.2. The minimum atomic E-state index is 0.571. The van der Waals surface area contributed by atoms with Gasteiger partial charge in [0.05, 0.1) is 7.11 Å². The molecule has 3 nitrogen and oxygen atoms in total. The molecule has 2 rings (SSSR count). The zero-order valence-corrected chi connectivity index (χ0v) is 11.2. The minimum absolute atomic E-state index is 0.571. The number of aryl methyl sites for hydroxylation is 2. The van der Waals surface area contributed by atoms with Crippen LogP contribution >= 0.6 is 0 Å². The lowest BCUT2D eigenvalue weighted by Crippen LogP contribution is -1.97. The highest BCUT2D eigenvalue weighted by Gasteiger charge is 2.11. The predicted octanol–water partition coefficient (Wildman–Crippen LogP) is 3.26. The summed E-state index contributed by atoms with van der Waals surface area (Å²) < 4.78 is 5.52. The minimum Gasteiger partial charge on any atom is -0.496 e. The van der Waals surface area contributed by atoms with Gasteiger partial charge in [-0.25, -0.2) is 4.98 Å². The molecule has 0 unspecified atom stereocenters. The van der Waals surface area contributed by atoms with Gasteiger partial charge in [0, 0.05) is 17.3 Å². The van der Waals surface area contributed by atoms with Gasteiger partial charge in [-0.15, -0.1) is 0 Å². The third-order valence-corrected chi connectivity index (χ3v) is 3.31. The van der Waals surface area contributed by atoms with E-state index in [-0.39, 0.29) is 0 Å². The maximum atomic E-state index is 5.75. The van der Waals surface area contributed by atoms with Crippen LogP contribution in [0.1, 0.15) is 16.7 Å². The van der Waals surface area contributed by atoms with Crippen molar-refractivity contribution in [2.24, 2.45) is 0 Å². The van der Waals surface area contributed by atoms with E-state index >= 15 is 0 Å². The third kappa shape index (κ3) is 2.04. The van der Waals surface area contributed by atoms with Crippen LogP contribution in [-0.2, 0) is 0 Å². The monoisotopic (exact) mass is 242 g/mol. The topological polar surface area (TPSA) is 48.1 Å². The van der Waals surface area contributed by atoms with E-state index in [1.54, 1.807) is 13.3 Å². The van der Waals surface area contributed by atoms with Gasteiger partial charge in [0.2, 0.25) is 0 Å². The van der Waals surface area contributed by atoms with E-state index in [1.165, 1.54) is 5.56 Å². The number of nitrogen functional groups attached to an aromatic ring is 1. The van der Waals surface area contributed by atoms with Crippen molar-refractivity contribution in [1.82, 2.24) is 4.98 Å². The van der Waals surface area contributed by atoms with Crippen LogP contribution in [0.5, 0.6) is 5.75 Å². The Morgan fingerprint density at radius 2 is 1.83 bits per heavy atom. The molecule has 18 heavy (non-hydrogen) atoms. The molecule has 0 bridgehead atoms. The Labute approximate surface area is 108 Å². The number of benzene rings is 1. The number of ether oxygens (including phenoxy) is 1. The van der Waals surface area contributed by atoms with Gasteiger partial charge in [0.15, 0.2) is 0 Å². The molecule has 0 aliphatic rings. The molecule has 0 saturated carbocycles. The van der Waals surface area contributed by atoms with Gasteiger partial charge in [0.25, 0.3) is 0 Å². The summed E-state index contributed by atoms with van der Waals surface area (Å²) >= 11 is 0. The molecule has 0 atom stereocenters. The second-order valence-corrected chi connectivity index (χ2v) is 4.51. The van der Waals surface area contributed by atoms with Crippen LogP contribution in [0.2, 0.25) is 0 Å². The highest BCUT2D eigenvalue weighted by Crippen LogP contribution is 2.34. The summed E-state index contributed by atoms with van der Waals surface area (Å²) in [6.07, 6.45) is 1.79. The largest absolute Gasteiger partial charge is 0.496 e. The molecule has 2 aromatic rings. The first-order chi connectivity index (χ1) is 8.54. The van der Waals surface area contributed by atoms with Gasteiger partial charge in [0.1, 0.15) is 11.6 Å². The van der Waals surface area contributed by atoms with Crippen molar-refractivity contribution in [3.63, 3.8) is 0 Å². The molecule has 0 saturated heterocycles. The Balaban J connectivity index is 2.63. The number of methoxy groups -OCH3 is 1. The van der Waals surface area contributed by atoms with Crippen molar-refractivity contribution < 1.29 is 4.74 Å². The number of hydrogen-bond acceptors (Lipinski definition) is 3. The molecule has 0 aliphatic heterocycles.